The number of phenolic OH excluding ortho intramolecular Hbond substituents is 2. The number of fused-ring (bicyclic) bond motifs is 2. The van der Waals surface area contributed by atoms with Gasteiger partial charge in [0, 0.05) is 48.7 Å². The van der Waals surface area contributed by atoms with E-state index in [0.29, 0.717) is 60.0 Å². The highest BCUT2D eigenvalue weighted by Crippen LogP contribution is 2.51. The second-order valence-electron chi connectivity index (χ2n) is 12.6. The van der Waals surface area contributed by atoms with Crippen LogP contribution in [0.2, 0.25) is 0 Å². The third kappa shape index (κ3) is 6.50. The van der Waals surface area contributed by atoms with E-state index in [1.165, 1.54) is 0 Å². The molecule has 0 aliphatic carbocycles. The lowest BCUT2D eigenvalue weighted by Crippen LogP contribution is -2.46. The van der Waals surface area contributed by atoms with Crippen LogP contribution < -0.4 is 18.9 Å². The highest BCUT2D eigenvalue weighted by molar-refractivity contribution is 5.72. The van der Waals surface area contributed by atoms with Gasteiger partial charge in [-0.05, 0) is 96.1 Å². The normalized spacial score (nSPS) is 21.4. The molecule has 0 radical (unpaired) electrons. The van der Waals surface area contributed by atoms with Gasteiger partial charge in [0.15, 0.2) is 0 Å². The Morgan fingerprint density at radius 3 is 2.33 bits per heavy atom. The number of aromatic hydroxyl groups is 2. The van der Waals surface area contributed by atoms with Crippen molar-refractivity contribution >= 4 is 0 Å². The number of rotatable bonds is 11. The van der Waals surface area contributed by atoms with Crippen molar-refractivity contribution in [3.63, 3.8) is 0 Å². The molecule has 6 rings (SSSR count). The molecule has 0 saturated carbocycles. The van der Waals surface area contributed by atoms with Crippen LogP contribution in [0.3, 0.4) is 0 Å². The van der Waals surface area contributed by atoms with Crippen molar-refractivity contribution in [2.45, 2.75) is 50.9 Å². The van der Waals surface area contributed by atoms with Gasteiger partial charge in [-0.1, -0.05) is 19.1 Å². The largest absolute Gasteiger partial charge is 0.508 e. The van der Waals surface area contributed by atoms with Gasteiger partial charge in [-0.3, -0.25) is 0 Å². The number of hydrogen-bond donors (Lipinski definition) is 4. The van der Waals surface area contributed by atoms with Crippen LogP contribution in [0.4, 0.5) is 0 Å². The number of phenols is 2. The van der Waals surface area contributed by atoms with Crippen LogP contribution in [0.15, 0.2) is 66.7 Å². The number of aliphatic hydroxyl groups excluding tert-OH is 2. The summed E-state index contributed by atoms with van der Waals surface area (Å²) < 4.78 is 29.5. The fourth-order valence-corrected chi connectivity index (χ4v) is 7.24. The molecule has 9 heteroatoms. The molecule has 0 fully saturated rings. The number of aliphatic hydroxyl groups is 2. The smallest absolute Gasteiger partial charge is 0.128 e. The molecule has 0 spiro atoms. The molecular formula is C39H44O9. The fraction of sp³-hybridized carbons (Fsp3) is 0.385. The van der Waals surface area contributed by atoms with Crippen molar-refractivity contribution in [3.05, 3.63) is 94.5 Å². The van der Waals surface area contributed by atoms with Crippen LogP contribution in [0.5, 0.6) is 34.5 Å². The summed E-state index contributed by atoms with van der Waals surface area (Å²) in [6.07, 6.45) is 0.0243. The minimum absolute atomic E-state index is 0.149. The third-order valence-electron chi connectivity index (χ3n) is 9.71. The Kier molecular flexibility index (Phi) is 10.0. The lowest BCUT2D eigenvalue weighted by molar-refractivity contribution is -0.0889. The Bertz CT molecular complexity index is 1750. The van der Waals surface area contributed by atoms with E-state index in [0.717, 1.165) is 34.2 Å². The Labute approximate surface area is 281 Å². The SMILES string of the molecule is CCc1cc(-c2cccc(O)c2)c(Cc2cc(OC)cc3c2OCC(C2C(CCCOC)Oc4ccc(OC)cc4C2O)C3O)cc1O. The van der Waals surface area contributed by atoms with Crippen molar-refractivity contribution in [1.82, 2.24) is 0 Å². The summed E-state index contributed by atoms with van der Waals surface area (Å²) in [5.74, 6) is 1.64. The topological polar surface area (TPSA) is 127 Å². The minimum atomic E-state index is -0.996. The van der Waals surface area contributed by atoms with Gasteiger partial charge in [-0.2, -0.15) is 0 Å². The average molecular weight is 657 g/mol. The second kappa shape index (κ2) is 14.4. The first-order valence-electron chi connectivity index (χ1n) is 16.4. The van der Waals surface area contributed by atoms with Crippen LogP contribution >= 0.6 is 0 Å². The van der Waals surface area contributed by atoms with E-state index in [4.69, 9.17) is 23.7 Å². The van der Waals surface area contributed by atoms with E-state index in [2.05, 4.69) is 0 Å². The van der Waals surface area contributed by atoms with Crippen LogP contribution in [0.25, 0.3) is 11.1 Å². The molecule has 5 atom stereocenters. The van der Waals surface area contributed by atoms with Gasteiger partial charge in [-0.25, -0.2) is 0 Å². The number of ether oxygens (including phenoxy) is 5. The maximum absolute atomic E-state index is 12.1. The number of methoxy groups -OCH3 is 3. The van der Waals surface area contributed by atoms with Crippen molar-refractivity contribution in [2.75, 3.05) is 34.5 Å². The van der Waals surface area contributed by atoms with Gasteiger partial charge in [0.05, 0.1) is 33.0 Å². The van der Waals surface area contributed by atoms with Gasteiger partial charge in [0.2, 0.25) is 0 Å². The van der Waals surface area contributed by atoms with Crippen LogP contribution in [-0.2, 0) is 17.6 Å². The molecule has 4 aromatic carbocycles. The summed E-state index contributed by atoms with van der Waals surface area (Å²) in [7, 11) is 4.81. The second-order valence-corrected chi connectivity index (χ2v) is 12.6. The number of aryl methyl sites for hydroxylation is 1. The Hall–Kier alpha value is -4.44. The Balaban J connectivity index is 1.38. The molecule has 0 bridgehead atoms. The molecule has 2 aliphatic rings. The quantitative estimate of drug-likeness (QED) is 0.134. The highest BCUT2D eigenvalue weighted by atomic mass is 16.5. The van der Waals surface area contributed by atoms with Gasteiger partial charge >= 0.3 is 0 Å². The average Bonchev–Trinajstić information content (AvgIpc) is 3.09. The molecule has 5 unspecified atom stereocenters. The Morgan fingerprint density at radius 2 is 1.60 bits per heavy atom. The molecule has 4 aromatic rings. The lowest BCUT2D eigenvalue weighted by Gasteiger charge is -2.44. The molecule has 254 valence electrons. The zero-order valence-corrected chi connectivity index (χ0v) is 27.8. The predicted molar refractivity (Wildman–Crippen MR) is 181 cm³/mol. The van der Waals surface area contributed by atoms with E-state index in [1.807, 2.05) is 37.3 Å². The maximum atomic E-state index is 12.1. The molecular weight excluding hydrogens is 612 g/mol. The summed E-state index contributed by atoms with van der Waals surface area (Å²) in [4.78, 5) is 0. The van der Waals surface area contributed by atoms with Crippen molar-refractivity contribution in [2.24, 2.45) is 11.8 Å². The summed E-state index contributed by atoms with van der Waals surface area (Å²) >= 11 is 0. The summed E-state index contributed by atoms with van der Waals surface area (Å²) in [6, 6.07) is 19.8. The minimum Gasteiger partial charge on any atom is -0.508 e. The molecule has 2 aliphatic heterocycles. The van der Waals surface area contributed by atoms with E-state index >= 15 is 0 Å². The van der Waals surface area contributed by atoms with Crippen molar-refractivity contribution in [1.29, 1.82) is 0 Å². The van der Waals surface area contributed by atoms with E-state index in [-0.39, 0.29) is 18.1 Å². The molecule has 2 heterocycles. The van der Waals surface area contributed by atoms with Crippen molar-refractivity contribution < 1.29 is 44.1 Å². The van der Waals surface area contributed by atoms with Gasteiger partial charge in [0.25, 0.3) is 0 Å². The van der Waals surface area contributed by atoms with E-state index < -0.39 is 30.1 Å². The lowest BCUT2D eigenvalue weighted by atomic mass is 9.72. The first kappa shape index (κ1) is 33.5. The van der Waals surface area contributed by atoms with Crippen molar-refractivity contribution in [3.8, 4) is 45.6 Å². The molecule has 48 heavy (non-hydrogen) atoms. The molecule has 0 amide bonds. The van der Waals surface area contributed by atoms with Crippen LogP contribution in [0.1, 0.15) is 59.8 Å². The first-order valence-corrected chi connectivity index (χ1v) is 16.4. The summed E-state index contributed by atoms with van der Waals surface area (Å²) in [5.41, 5.74) is 5.27. The zero-order valence-electron chi connectivity index (χ0n) is 27.8. The molecule has 0 saturated heterocycles. The Morgan fingerprint density at radius 1 is 0.812 bits per heavy atom. The summed E-state index contributed by atoms with van der Waals surface area (Å²) in [6.45, 7) is 2.68. The van der Waals surface area contributed by atoms with Gasteiger partial charge in [-0.15, -0.1) is 0 Å². The molecule has 9 nitrogen and oxygen atoms in total. The van der Waals surface area contributed by atoms with E-state index in [9.17, 15) is 20.4 Å². The van der Waals surface area contributed by atoms with Gasteiger partial charge < -0.3 is 44.1 Å². The van der Waals surface area contributed by atoms with E-state index in [1.54, 1.807) is 57.7 Å². The fourth-order valence-electron chi connectivity index (χ4n) is 7.24. The number of hydrogen-bond acceptors (Lipinski definition) is 9. The predicted octanol–water partition coefficient (Wildman–Crippen LogP) is 6.51. The maximum Gasteiger partial charge on any atom is 0.128 e. The third-order valence-corrected chi connectivity index (χ3v) is 9.71. The molecule has 4 N–H and O–H groups in total. The molecule has 0 aromatic heterocycles. The highest BCUT2D eigenvalue weighted by Gasteiger charge is 2.47. The summed E-state index contributed by atoms with van der Waals surface area (Å²) in [5, 5.41) is 45.1. The standard InChI is InChI=1S/C39H44O9/c1-5-22-17-29(23-8-6-9-26(40)15-23)24(18-33(22)41)14-25-16-28(46-4)20-31-37(42)32(21-47-39(25)31)36-35(10-7-13-44-2)48-34-12-11-27(45-3)19-30(34)38(36)43/h6,8-9,11-12,15-20,32,35-38,40-43H,5,7,10,13-14,21H2,1-4H3. The van der Waals surface area contributed by atoms with Crippen LogP contribution in [0, 0.1) is 11.8 Å². The number of benzene rings is 4. The van der Waals surface area contributed by atoms with Crippen LogP contribution in [-0.4, -0.2) is 61.1 Å². The zero-order chi connectivity index (χ0) is 33.9. The van der Waals surface area contributed by atoms with Gasteiger partial charge in [0.1, 0.15) is 40.6 Å². The monoisotopic (exact) mass is 656 g/mol. The first-order chi connectivity index (χ1) is 23.3.